The third-order valence-corrected chi connectivity index (χ3v) is 4.64. The quantitative estimate of drug-likeness (QED) is 0.606. The lowest BCUT2D eigenvalue weighted by Gasteiger charge is -2.22. The monoisotopic (exact) mass is 390 g/mol. The van der Waals surface area contributed by atoms with Gasteiger partial charge in [-0.2, -0.15) is 0 Å². The largest absolute Gasteiger partial charge is 0.497 e. The van der Waals surface area contributed by atoms with Gasteiger partial charge in [0.15, 0.2) is 0 Å². The van der Waals surface area contributed by atoms with Gasteiger partial charge >= 0.3 is 0 Å². The molecule has 3 rings (SSSR count). The molecule has 0 aliphatic rings. The van der Waals surface area contributed by atoms with E-state index in [-0.39, 0.29) is 5.91 Å². The van der Waals surface area contributed by atoms with Crippen LogP contribution in [0.2, 0.25) is 0 Å². The molecular formula is C23H26N4O2. The highest BCUT2D eigenvalue weighted by Crippen LogP contribution is 2.15. The van der Waals surface area contributed by atoms with Crippen molar-refractivity contribution in [1.29, 1.82) is 0 Å². The van der Waals surface area contributed by atoms with Crippen LogP contribution in [-0.2, 0) is 13.0 Å². The SMILES string of the molecule is CCN(Cc1ccccc1)c1cc(C(=O)NCCc2cccc(OC)c2)ncn1. The first kappa shape index (κ1) is 20.3. The van der Waals surface area contributed by atoms with Crippen molar-refractivity contribution in [3.05, 3.63) is 83.8 Å². The summed E-state index contributed by atoms with van der Waals surface area (Å²) in [5.74, 6) is 1.35. The number of nitrogens with zero attached hydrogens (tertiary/aromatic N) is 3. The number of carbonyl (C=O) groups excluding carboxylic acids is 1. The van der Waals surface area contributed by atoms with E-state index in [0.717, 1.165) is 36.6 Å². The molecule has 150 valence electrons. The molecule has 0 aliphatic heterocycles. The maximum Gasteiger partial charge on any atom is 0.270 e. The molecule has 2 aromatic carbocycles. The highest BCUT2D eigenvalue weighted by molar-refractivity contribution is 5.92. The van der Waals surface area contributed by atoms with Crippen molar-refractivity contribution >= 4 is 11.7 Å². The van der Waals surface area contributed by atoms with E-state index in [1.165, 1.54) is 11.9 Å². The number of ether oxygens (including phenoxy) is 1. The van der Waals surface area contributed by atoms with Gasteiger partial charge in [-0.15, -0.1) is 0 Å². The first-order chi connectivity index (χ1) is 14.2. The predicted molar refractivity (Wildman–Crippen MR) is 114 cm³/mol. The lowest BCUT2D eigenvalue weighted by atomic mass is 10.1. The van der Waals surface area contributed by atoms with Gasteiger partial charge in [0.05, 0.1) is 7.11 Å². The number of nitrogens with one attached hydrogen (secondary N) is 1. The summed E-state index contributed by atoms with van der Waals surface area (Å²) in [4.78, 5) is 23.2. The van der Waals surface area contributed by atoms with Crippen LogP contribution in [-0.4, -0.2) is 36.1 Å². The second kappa shape index (κ2) is 10.2. The van der Waals surface area contributed by atoms with E-state index in [9.17, 15) is 4.79 Å². The van der Waals surface area contributed by atoms with E-state index >= 15 is 0 Å². The summed E-state index contributed by atoms with van der Waals surface area (Å²) in [5, 5.41) is 2.93. The fourth-order valence-corrected chi connectivity index (χ4v) is 3.04. The van der Waals surface area contributed by atoms with Crippen molar-refractivity contribution in [3.8, 4) is 5.75 Å². The zero-order valence-electron chi connectivity index (χ0n) is 16.8. The summed E-state index contributed by atoms with van der Waals surface area (Å²) < 4.78 is 5.23. The average molecular weight is 390 g/mol. The Morgan fingerprint density at radius 2 is 1.83 bits per heavy atom. The minimum absolute atomic E-state index is 0.202. The van der Waals surface area contributed by atoms with Crippen LogP contribution >= 0.6 is 0 Å². The molecule has 0 atom stereocenters. The first-order valence-electron chi connectivity index (χ1n) is 9.71. The number of hydrogen-bond donors (Lipinski definition) is 1. The molecule has 0 fully saturated rings. The lowest BCUT2D eigenvalue weighted by molar-refractivity contribution is 0.0949. The number of carbonyl (C=O) groups is 1. The van der Waals surface area contributed by atoms with Gasteiger partial charge in [-0.3, -0.25) is 4.79 Å². The number of anilines is 1. The van der Waals surface area contributed by atoms with Crippen LogP contribution in [0.1, 0.15) is 28.5 Å². The van der Waals surface area contributed by atoms with Gasteiger partial charge < -0.3 is 15.0 Å². The van der Waals surface area contributed by atoms with Crippen LogP contribution in [0.4, 0.5) is 5.82 Å². The third-order valence-electron chi connectivity index (χ3n) is 4.64. The Hall–Kier alpha value is -3.41. The van der Waals surface area contributed by atoms with Crippen LogP contribution in [0.25, 0.3) is 0 Å². The summed E-state index contributed by atoms with van der Waals surface area (Å²) in [6.45, 7) is 4.10. The number of amides is 1. The summed E-state index contributed by atoms with van der Waals surface area (Å²) in [6.07, 6.45) is 2.16. The van der Waals surface area contributed by atoms with E-state index in [1.54, 1.807) is 13.2 Å². The van der Waals surface area contributed by atoms with Crippen molar-refractivity contribution in [2.75, 3.05) is 25.1 Å². The minimum atomic E-state index is -0.202. The van der Waals surface area contributed by atoms with E-state index in [0.29, 0.717) is 12.2 Å². The maximum absolute atomic E-state index is 12.5. The summed E-state index contributed by atoms with van der Waals surface area (Å²) in [7, 11) is 1.64. The molecule has 1 N–H and O–H groups in total. The summed E-state index contributed by atoms with van der Waals surface area (Å²) >= 11 is 0. The molecular weight excluding hydrogens is 364 g/mol. The zero-order chi connectivity index (χ0) is 20.5. The Labute approximate surface area is 171 Å². The van der Waals surface area contributed by atoms with Gasteiger partial charge in [0, 0.05) is 25.7 Å². The molecule has 0 unspecified atom stereocenters. The standard InChI is InChI=1S/C23H26N4O2/c1-3-27(16-19-8-5-4-6-9-19)22-15-21(25-17-26-22)23(28)24-13-12-18-10-7-11-20(14-18)29-2/h4-11,14-15,17H,3,12-13,16H2,1-2H3,(H,24,28). The van der Waals surface area contributed by atoms with Crippen LogP contribution in [0.15, 0.2) is 67.0 Å². The van der Waals surface area contributed by atoms with Gasteiger partial charge in [-0.1, -0.05) is 42.5 Å². The lowest BCUT2D eigenvalue weighted by Crippen LogP contribution is -2.28. The summed E-state index contributed by atoms with van der Waals surface area (Å²) in [6, 6.07) is 19.8. The number of benzene rings is 2. The fraction of sp³-hybridized carbons (Fsp3) is 0.261. The third kappa shape index (κ3) is 5.78. The van der Waals surface area contributed by atoms with Gasteiger partial charge in [0.1, 0.15) is 23.6 Å². The number of aromatic nitrogens is 2. The maximum atomic E-state index is 12.5. The Morgan fingerprint density at radius 1 is 1.03 bits per heavy atom. The van der Waals surface area contributed by atoms with Crippen LogP contribution < -0.4 is 15.0 Å². The molecule has 0 radical (unpaired) electrons. The van der Waals surface area contributed by atoms with Gasteiger partial charge in [-0.05, 0) is 36.6 Å². The minimum Gasteiger partial charge on any atom is -0.497 e. The first-order valence-corrected chi connectivity index (χ1v) is 9.71. The molecule has 3 aromatic rings. The number of hydrogen-bond acceptors (Lipinski definition) is 5. The van der Waals surface area contributed by atoms with Gasteiger partial charge in [0.25, 0.3) is 5.91 Å². The Kier molecular flexibility index (Phi) is 7.16. The zero-order valence-corrected chi connectivity index (χ0v) is 16.8. The highest BCUT2D eigenvalue weighted by Gasteiger charge is 2.12. The molecule has 0 bridgehead atoms. The topological polar surface area (TPSA) is 67.4 Å². The normalized spacial score (nSPS) is 10.4. The highest BCUT2D eigenvalue weighted by atomic mass is 16.5. The number of rotatable bonds is 9. The average Bonchev–Trinajstić information content (AvgIpc) is 2.78. The number of methoxy groups -OCH3 is 1. The molecule has 0 saturated carbocycles. The fourth-order valence-electron chi connectivity index (χ4n) is 3.04. The Balaban J connectivity index is 1.60. The van der Waals surface area contributed by atoms with Crippen LogP contribution in [0.3, 0.4) is 0 Å². The van der Waals surface area contributed by atoms with Crippen LogP contribution in [0, 0.1) is 0 Å². The Bertz CT molecular complexity index is 931. The Morgan fingerprint density at radius 3 is 2.59 bits per heavy atom. The van der Waals surface area contributed by atoms with Crippen molar-refractivity contribution < 1.29 is 9.53 Å². The molecule has 0 saturated heterocycles. The summed E-state index contributed by atoms with van der Waals surface area (Å²) in [5.41, 5.74) is 2.66. The van der Waals surface area contributed by atoms with E-state index in [4.69, 9.17) is 4.74 Å². The predicted octanol–water partition coefficient (Wildman–Crippen LogP) is 3.48. The van der Waals surface area contributed by atoms with Gasteiger partial charge in [-0.25, -0.2) is 9.97 Å². The second-order valence-corrected chi connectivity index (χ2v) is 6.62. The van der Waals surface area contributed by atoms with Crippen LogP contribution in [0.5, 0.6) is 5.75 Å². The molecule has 1 amide bonds. The molecule has 0 aliphatic carbocycles. The van der Waals surface area contributed by atoms with Crippen molar-refractivity contribution in [1.82, 2.24) is 15.3 Å². The van der Waals surface area contributed by atoms with Crippen molar-refractivity contribution in [2.45, 2.75) is 19.9 Å². The molecule has 29 heavy (non-hydrogen) atoms. The van der Waals surface area contributed by atoms with Crippen molar-refractivity contribution in [3.63, 3.8) is 0 Å². The molecule has 1 aromatic heterocycles. The molecule has 6 nitrogen and oxygen atoms in total. The van der Waals surface area contributed by atoms with Gasteiger partial charge in [0.2, 0.25) is 0 Å². The van der Waals surface area contributed by atoms with E-state index in [1.807, 2.05) is 42.5 Å². The molecule has 0 spiro atoms. The van der Waals surface area contributed by atoms with E-state index < -0.39 is 0 Å². The van der Waals surface area contributed by atoms with E-state index in [2.05, 4.69) is 39.2 Å². The molecule has 6 heteroatoms. The smallest absolute Gasteiger partial charge is 0.270 e. The second-order valence-electron chi connectivity index (χ2n) is 6.62. The van der Waals surface area contributed by atoms with Crippen molar-refractivity contribution in [2.24, 2.45) is 0 Å². The molecule has 1 heterocycles.